The van der Waals surface area contributed by atoms with Crippen LogP contribution in [-0.4, -0.2) is 36.5 Å². The molecule has 0 aliphatic heterocycles. The van der Waals surface area contributed by atoms with Crippen LogP contribution in [0.15, 0.2) is 24.3 Å². The second-order valence-corrected chi connectivity index (χ2v) is 5.16. The predicted octanol–water partition coefficient (Wildman–Crippen LogP) is 2.30. The number of nitrogens with one attached hydrogen (secondary N) is 1. The number of halogens is 1. The summed E-state index contributed by atoms with van der Waals surface area (Å²) in [4.78, 5) is 23.3. The molecule has 0 aliphatic rings. The van der Waals surface area contributed by atoms with Crippen LogP contribution in [0.1, 0.15) is 23.7 Å². The van der Waals surface area contributed by atoms with Gasteiger partial charge in [-0.15, -0.1) is 12.4 Å². The molecule has 3 N–H and O–H groups in total. The Balaban J connectivity index is 0.00000400. The van der Waals surface area contributed by atoms with Crippen LogP contribution in [0.4, 0.5) is 5.69 Å². The van der Waals surface area contributed by atoms with E-state index in [1.54, 1.807) is 43.0 Å². The Morgan fingerprint density at radius 1 is 1.33 bits per heavy atom. The quantitative estimate of drug-likeness (QED) is 0.749. The summed E-state index contributed by atoms with van der Waals surface area (Å²) < 4.78 is 4.88. The van der Waals surface area contributed by atoms with E-state index in [0.29, 0.717) is 24.3 Å². The number of rotatable bonds is 7. The summed E-state index contributed by atoms with van der Waals surface area (Å²) in [6.45, 7) is 2.09. The standard InChI is InChI=1S/C14H20N2O3S.ClH/c1-3-19-14(18)10-4-6-11(7-5-10)16-13(17)12(15)8-9-20-2;/h4-7,12H,3,8-9,15H2,1-2H3,(H,16,17);1H/t12-;/m0./s1. The first-order valence-electron chi connectivity index (χ1n) is 6.41. The maximum atomic E-state index is 11.8. The lowest BCUT2D eigenvalue weighted by molar-refractivity contribution is -0.117. The number of esters is 1. The molecule has 1 aromatic rings. The van der Waals surface area contributed by atoms with E-state index in [-0.39, 0.29) is 24.3 Å². The zero-order chi connectivity index (χ0) is 15.0. The molecular formula is C14H21ClN2O3S. The highest BCUT2D eigenvalue weighted by molar-refractivity contribution is 7.98. The van der Waals surface area contributed by atoms with Gasteiger partial charge in [0.1, 0.15) is 0 Å². The molecule has 0 bridgehead atoms. The van der Waals surface area contributed by atoms with Gasteiger partial charge < -0.3 is 15.8 Å². The highest BCUT2D eigenvalue weighted by Gasteiger charge is 2.13. The third-order valence-electron chi connectivity index (χ3n) is 2.63. The van der Waals surface area contributed by atoms with E-state index in [1.165, 1.54) is 0 Å². The Bertz CT molecular complexity index is 454. The molecule has 0 aliphatic carbocycles. The van der Waals surface area contributed by atoms with Crippen LogP contribution >= 0.6 is 24.2 Å². The lowest BCUT2D eigenvalue weighted by atomic mass is 10.2. The number of carbonyl (C=O) groups is 2. The van der Waals surface area contributed by atoms with Gasteiger partial charge in [0.15, 0.2) is 0 Å². The smallest absolute Gasteiger partial charge is 0.338 e. The van der Waals surface area contributed by atoms with Crippen molar-refractivity contribution in [1.82, 2.24) is 0 Å². The van der Waals surface area contributed by atoms with Crippen molar-refractivity contribution in [1.29, 1.82) is 0 Å². The summed E-state index contributed by atoms with van der Waals surface area (Å²) in [7, 11) is 0. The molecule has 0 saturated carbocycles. The number of benzene rings is 1. The minimum atomic E-state index is -0.521. The summed E-state index contributed by atoms with van der Waals surface area (Å²) in [5.41, 5.74) is 6.84. The van der Waals surface area contributed by atoms with E-state index >= 15 is 0 Å². The van der Waals surface area contributed by atoms with E-state index in [2.05, 4.69) is 5.32 Å². The van der Waals surface area contributed by atoms with Gasteiger partial charge in [0.2, 0.25) is 5.91 Å². The van der Waals surface area contributed by atoms with Gasteiger partial charge in [-0.3, -0.25) is 4.79 Å². The zero-order valence-electron chi connectivity index (χ0n) is 12.1. The predicted molar refractivity (Wildman–Crippen MR) is 89.3 cm³/mol. The third kappa shape index (κ3) is 6.84. The van der Waals surface area contributed by atoms with Gasteiger partial charge in [0.05, 0.1) is 18.2 Å². The molecule has 1 atom stereocenters. The SMILES string of the molecule is CCOC(=O)c1ccc(NC(=O)[C@@H](N)CCSC)cc1.Cl. The summed E-state index contributed by atoms with van der Waals surface area (Å²) in [6, 6.07) is 6.02. The molecule has 0 fully saturated rings. The average Bonchev–Trinajstić information content (AvgIpc) is 2.45. The molecule has 0 radical (unpaired) electrons. The van der Waals surface area contributed by atoms with Gasteiger partial charge in [-0.2, -0.15) is 11.8 Å². The molecular weight excluding hydrogens is 312 g/mol. The van der Waals surface area contributed by atoms with Crippen LogP contribution in [0.2, 0.25) is 0 Å². The van der Waals surface area contributed by atoms with E-state index < -0.39 is 6.04 Å². The molecule has 0 unspecified atom stereocenters. The van der Waals surface area contributed by atoms with Gasteiger partial charge in [-0.05, 0) is 49.6 Å². The van der Waals surface area contributed by atoms with Gasteiger partial charge >= 0.3 is 5.97 Å². The van der Waals surface area contributed by atoms with Gasteiger partial charge in [-0.1, -0.05) is 0 Å². The van der Waals surface area contributed by atoms with Crippen LogP contribution in [-0.2, 0) is 9.53 Å². The molecule has 0 aromatic heterocycles. The molecule has 0 heterocycles. The fourth-order valence-electron chi connectivity index (χ4n) is 1.51. The summed E-state index contributed by atoms with van der Waals surface area (Å²) in [5.74, 6) is 0.251. The second-order valence-electron chi connectivity index (χ2n) is 4.18. The number of thioether (sulfide) groups is 1. The molecule has 0 spiro atoms. The molecule has 0 saturated heterocycles. The van der Waals surface area contributed by atoms with Crippen molar-refractivity contribution in [3.63, 3.8) is 0 Å². The molecule has 118 valence electrons. The van der Waals surface area contributed by atoms with Crippen molar-refractivity contribution in [3.05, 3.63) is 29.8 Å². The van der Waals surface area contributed by atoms with Gasteiger partial charge in [-0.25, -0.2) is 4.79 Å². The molecule has 5 nitrogen and oxygen atoms in total. The molecule has 21 heavy (non-hydrogen) atoms. The Labute approximate surface area is 135 Å². The fraction of sp³-hybridized carbons (Fsp3) is 0.429. The van der Waals surface area contributed by atoms with E-state index in [0.717, 1.165) is 5.75 Å². The minimum Gasteiger partial charge on any atom is -0.462 e. The zero-order valence-corrected chi connectivity index (χ0v) is 13.8. The Morgan fingerprint density at radius 3 is 2.48 bits per heavy atom. The topological polar surface area (TPSA) is 81.4 Å². The van der Waals surface area contributed by atoms with Crippen molar-refractivity contribution in [2.75, 3.05) is 23.9 Å². The second kappa shape index (κ2) is 10.5. The summed E-state index contributed by atoms with van der Waals surface area (Å²) in [5, 5.41) is 2.72. The van der Waals surface area contributed by atoms with Crippen molar-refractivity contribution >= 4 is 41.7 Å². The van der Waals surface area contributed by atoms with Crippen molar-refractivity contribution < 1.29 is 14.3 Å². The fourth-order valence-corrected chi connectivity index (χ4v) is 2.00. The molecule has 1 rings (SSSR count). The van der Waals surface area contributed by atoms with Crippen molar-refractivity contribution in [2.45, 2.75) is 19.4 Å². The monoisotopic (exact) mass is 332 g/mol. The maximum absolute atomic E-state index is 11.8. The first-order valence-corrected chi connectivity index (χ1v) is 7.80. The lowest BCUT2D eigenvalue weighted by Gasteiger charge is -2.11. The normalized spacial score (nSPS) is 11.2. The highest BCUT2D eigenvalue weighted by atomic mass is 35.5. The molecule has 1 aromatic carbocycles. The van der Waals surface area contributed by atoms with E-state index in [9.17, 15) is 9.59 Å². The molecule has 7 heteroatoms. The number of hydrogen-bond acceptors (Lipinski definition) is 5. The first-order chi connectivity index (χ1) is 9.58. The van der Waals surface area contributed by atoms with Crippen molar-refractivity contribution in [3.8, 4) is 0 Å². The van der Waals surface area contributed by atoms with E-state index in [4.69, 9.17) is 10.5 Å². The minimum absolute atomic E-state index is 0. The van der Waals surface area contributed by atoms with Crippen LogP contribution in [0, 0.1) is 0 Å². The molecule has 1 amide bonds. The summed E-state index contributed by atoms with van der Waals surface area (Å²) >= 11 is 1.65. The van der Waals surface area contributed by atoms with Gasteiger partial charge in [0.25, 0.3) is 0 Å². The summed E-state index contributed by atoms with van der Waals surface area (Å²) in [6.07, 6.45) is 2.60. The highest BCUT2D eigenvalue weighted by Crippen LogP contribution is 2.11. The van der Waals surface area contributed by atoms with Crippen LogP contribution in [0.5, 0.6) is 0 Å². The van der Waals surface area contributed by atoms with E-state index in [1.807, 2.05) is 6.26 Å². The number of nitrogens with two attached hydrogens (primary N) is 1. The Morgan fingerprint density at radius 2 is 1.95 bits per heavy atom. The first kappa shape index (κ1) is 19.8. The number of hydrogen-bond donors (Lipinski definition) is 2. The lowest BCUT2D eigenvalue weighted by Crippen LogP contribution is -2.36. The van der Waals surface area contributed by atoms with Crippen molar-refractivity contribution in [2.24, 2.45) is 5.73 Å². The number of anilines is 1. The van der Waals surface area contributed by atoms with Crippen LogP contribution in [0.3, 0.4) is 0 Å². The Kier molecular flexibility index (Phi) is 9.86. The average molecular weight is 333 g/mol. The van der Waals surface area contributed by atoms with Crippen LogP contribution < -0.4 is 11.1 Å². The largest absolute Gasteiger partial charge is 0.462 e. The Hall–Kier alpha value is -1.24. The number of ether oxygens (including phenoxy) is 1. The third-order valence-corrected chi connectivity index (χ3v) is 3.28. The van der Waals surface area contributed by atoms with Crippen LogP contribution in [0.25, 0.3) is 0 Å². The van der Waals surface area contributed by atoms with Gasteiger partial charge in [0, 0.05) is 5.69 Å². The number of amides is 1. The maximum Gasteiger partial charge on any atom is 0.338 e. The number of carbonyl (C=O) groups excluding carboxylic acids is 2.